The molecule has 0 unspecified atom stereocenters. The highest BCUT2D eigenvalue weighted by Gasteiger charge is 2.11. The van der Waals surface area contributed by atoms with Gasteiger partial charge in [-0.15, -0.1) is 0 Å². The maximum Gasteiger partial charge on any atom is 0.250 e. The molecule has 4 heteroatoms. The number of rotatable bonds is 2. The molecule has 0 spiro atoms. The molecule has 0 bridgehead atoms. The number of carbonyl (C=O) groups is 1. The number of benzene rings is 1. The maximum atomic E-state index is 10.9. The number of primary amides is 1. The van der Waals surface area contributed by atoms with Gasteiger partial charge in [-0.1, -0.05) is 23.7 Å². The van der Waals surface area contributed by atoms with Gasteiger partial charge in [-0.05, 0) is 11.6 Å². The zero-order valence-electron chi connectivity index (χ0n) is 6.62. The SMILES string of the molecule is N#C[CH]c1cccc(Cl)c1C(N)=O. The first-order valence-electron chi connectivity index (χ1n) is 3.48. The molecule has 0 aliphatic carbocycles. The van der Waals surface area contributed by atoms with E-state index in [1.165, 1.54) is 6.42 Å². The van der Waals surface area contributed by atoms with Gasteiger partial charge in [0.05, 0.1) is 23.1 Å². The molecule has 65 valence electrons. The Morgan fingerprint density at radius 1 is 1.62 bits per heavy atom. The Kier molecular flexibility index (Phi) is 2.88. The maximum absolute atomic E-state index is 10.9. The minimum atomic E-state index is -0.632. The van der Waals surface area contributed by atoms with Crippen LogP contribution < -0.4 is 5.73 Å². The first-order valence-corrected chi connectivity index (χ1v) is 3.85. The number of nitrogens with two attached hydrogens (primary N) is 1. The number of hydrogen-bond acceptors (Lipinski definition) is 2. The Labute approximate surface area is 80.7 Å². The summed E-state index contributed by atoms with van der Waals surface area (Å²) in [6, 6.07) is 6.62. The quantitative estimate of drug-likeness (QED) is 0.774. The highest BCUT2D eigenvalue weighted by atomic mass is 35.5. The van der Waals surface area contributed by atoms with Crippen molar-refractivity contribution in [1.29, 1.82) is 5.26 Å². The zero-order valence-corrected chi connectivity index (χ0v) is 7.38. The van der Waals surface area contributed by atoms with Gasteiger partial charge in [-0.25, -0.2) is 0 Å². The van der Waals surface area contributed by atoms with Crippen LogP contribution in [0.15, 0.2) is 18.2 Å². The third-order valence-electron chi connectivity index (χ3n) is 1.51. The highest BCUT2D eigenvalue weighted by Crippen LogP contribution is 2.20. The summed E-state index contributed by atoms with van der Waals surface area (Å²) >= 11 is 5.73. The summed E-state index contributed by atoms with van der Waals surface area (Å²) in [5, 5.41) is 8.68. The van der Waals surface area contributed by atoms with E-state index in [-0.39, 0.29) is 10.6 Å². The van der Waals surface area contributed by atoms with Gasteiger partial charge in [0.15, 0.2) is 0 Å². The summed E-state index contributed by atoms with van der Waals surface area (Å²) in [6.07, 6.45) is 1.23. The van der Waals surface area contributed by atoms with Crippen LogP contribution >= 0.6 is 11.6 Å². The molecule has 1 aromatic carbocycles. The Morgan fingerprint density at radius 2 is 2.31 bits per heavy atom. The predicted molar refractivity (Wildman–Crippen MR) is 49.0 cm³/mol. The lowest BCUT2D eigenvalue weighted by Crippen LogP contribution is -2.13. The van der Waals surface area contributed by atoms with Crippen LogP contribution in [-0.2, 0) is 0 Å². The Balaban J connectivity index is 3.27. The van der Waals surface area contributed by atoms with Crippen molar-refractivity contribution in [3.8, 4) is 6.07 Å². The van der Waals surface area contributed by atoms with Gasteiger partial charge < -0.3 is 5.73 Å². The van der Waals surface area contributed by atoms with Crippen molar-refractivity contribution < 1.29 is 4.79 Å². The monoisotopic (exact) mass is 193 g/mol. The van der Waals surface area contributed by atoms with Gasteiger partial charge in [0.25, 0.3) is 5.91 Å². The van der Waals surface area contributed by atoms with Crippen molar-refractivity contribution in [1.82, 2.24) is 0 Å². The molecule has 0 aromatic heterocycles. The van der Waals surface area contributed by atoms with E-state index in [0.717, 1.165) is 0 Å². The molecule has 0 heterocycles. The van der Waals surface area contributed by atoms with E-state index in [0.29, 0.717) is 5.56 Å². The molecule has 1 radical (unpaired) electrons. The molecule has 13 heavy (non-hydrogen) atoms. The molecule has 0 saturated heterocycles. The summed E-state index contributed by atoms with van der Waals surface area (Å²) in [4.78, 5) is 10.9. The molecule has 2 N–H and O–H groups in total. The molecule has 0 aliphatic rings. The third-order valence-corrected chi connectivity index (χ3v) is 1.83. The number of nitriles is 1. The van der Waals surface area contributed by atoms with E-state index in [1.807, 2.05) is 6.07 Å². The molecule has 0 aliphatic heterocycles. The Bertz CT molecular complexity index is 382. The zero-order chi connectivity index (χ0) is 9.84. The van der Waals surface area contributed by atoms with Crippen molar-refractivity contribution in [3.05, 3.63) is 40.8 Å². The molecular formula is C9H6ClN2O. The predicted octanol–water partition coefficient (Wildman–Crippen LogP) is 1.51. The van der Waals surface area contributed by atoms with Gasteiger partial charge in [0.1, 0.15) is 0 Å². The lowest BCUT2D eigenvalue weighted by atomic mass is 10.0. The van der Waals surface area contributed by atoms with Gasteiger partial charge >= 0.3 is 0 Å². The first-order chi connectivity index (χ1) is 6.16. The van der Waals surface area contributed by atoms with Crippen LogP contribution in [0, 0.1) is 17.8 Å². The van der Waals surface area contributed by atoms with Crippen LogP contribution in [0.4, 0.5) is 0 Å². The van der Waals surface area contributed by atoms with E-state index in [9.17, 15) is 4.79 Å². The van der Waals surface area contributed by atoms with Crippen molar-refractivity contribution in [2.45, 2.75) is 0 Å². The van der Waals surface area contributed by atoms with Gasteiger partial charge in [0, 0.05) is 0 Å². The topological polar surface area (TPSA) is 66.9 Å². The standard InChI is InChI=1S/C9H6ClN2O/c10-7-3-1-2-6(4-5-11)8(7)9(12)13/h1-4H,(H2,12,13). The van der Waals surface area contributed by atoms with Crippen LogP contribution in [0.2, 0.25) is 5.02 Å². The number of hydrogen-bond donors (Lipinski definition) is 1. The normalized spacial score (nSPS) is 9.23. The minimum Gasteiger partial charge on any atom is -0.366 e. The molecule has 1 amide bonds. The van der Waals surface area contributed by atoms with E-state index in [1.54, 1.807) is 18.2 Å². The summed E-state index contributed by atoms with van der Waals surface area (Å²) in [5.41, 5.74) is 5.73. The summed E-state index contributed by atoms with van der Waals surface area (Å²) in [5.74, 6) is -0.632. The average molecular weight is 194 g/mol. The number of nitrogens with zero attached hydrogens (tertiary/aromatic N) is 1. The van der Waals surface area contributed by atoms with Crippen LogP contribution in [0.1, 0.15) is 15.9 Å². The van der Waals surface area contributed by atoms with E-state index in [4.69, 9.17) is 22.6 Å². The summed E-state index contributed by atoms with van der Waals surface area (Å²) < 4.78 is 0. The molecule has 0 atom stereocenters. The molecule has 1 rings (SSSR count). The largest absolute Gasteiger partial charge is 0.366 e. The van der Waals surface area contributed by atoms with Gasteiger partial charge in [-0.2, -0.15) is 5.26 Å². The van der Waals surface area contributed by atoms with Gasteiger partial charge in [0.2, 0.25) is 0 Å². The lowest BCUT2D eigenvalue weighted by molar-refractivity contribution is 0.1000. The van der Waals surface area contributed by atoms with Crippen molar-refractivity contribution in [2.75, 3.05) is 0 Å². The Morgan fingerprint density at radius 3 is 2.85 bits per heavy atom. The molecule has 0 fully saturated rings. The fourth-order valence-electron chi connectivity index (χ4n) is 0.991. The minimum absolute atomic E-state index is 0.186. The molecular weight excluding hydrogens is 188 g/mol. The van der Waals surface area contributed by atoms with E-state index < -0.39 is 5.91 Å². The first kappa shape index (κ1) is 9.56. The molecule has 3 nitrogen and oxygen atoms in total. The second-order valence-electron chi connectivity index (χ2n) is 2.34. The van der Waals surface area contributed by atoms with Crippen LogP contribution in [0.25, 0.3) is 0 Å². The van der Waals surface area contributed by atoms with Crippen molar-refractivity contribution in [3.63, 3.8) is 0 Å². The summed E-state index contributed by atoms with van der Waals surface area (Å²) in [7, 11) is 0. The van der Waals surface area contributed by atoms with Gasteiger partial charge in [-0.3, -0.25) is 4.79 Å². The van der Waals surface area contributed by atoms with Crippen molar-refractivity contribution in [2.24, 2.45) is 5.73 Å². The fourth-order valence-corrected chi connectivity index (χ4v) is 1.27. The molecule has 0 saturated carbocycles. The smallest absolute Gasteiger partial charge is 0.250 e. The number of halogens is 1. The fraction of sp³-hybridized carbons (Fsp3) is 0. The van der Waals surface area contributed by atoms with E-state index >= 15 is 0 Å². The average Bonchev–Trinajstić information content (AvgIpc) is 2.04. The second-order valence-corrected chi connectivity index (χ2v) is 2.75. The lowest BCUT2D eigenvalue weighted by Gasteiger charge is -2.03. The summed E-state index contributed by atoms with van der Waals surface area (Å²) in [6.45, 7) is 0. The number of carbonyl (C=O) groups excluding carboxylic acids is 1. The van der Waals surface area contributed by atoms with Crippen LogP contribution in [-0.4, -0.2) is 5.91 Å². The molecule has 1 aromatic rings. The van der Waals surface area contributed by atoms with Crippen molar-refractivity contribution >= 4 is 17.5 Å². The van der Waals surface area contributed by atoms with E-state index in [2.05, 4.69) is 0 Å². The highest BCUT2D eigenvalue weighted by molar-refractivity contribution is 6.34. The van der Waals surface area contributed by atoms with Crippen LogP contribution in [0.5, 0.6) is 0 Å². The third kappa shape index (κ3) is 1.98. The number of amides is 1. The second kappa shape index (κ2) is 3.92. The van der Waals surface area contributed by atoms with Crippen LogP contribution in [0.3, 0.4) is 0 Å². The Hall–Kier alpha value is -1.53.